The van der Waals surface area contributed by atoms with E-state index in [0.717, 1.165) is 56.6 Å². The van der Waals surface area contributed by atoms with E-state index in [-0.39, 0.29) is 24.0 Å². The van der Waals surface area contributed by atoms with E-state index in [0.29, 0.717) is 5.92 Å². The van der Waals surface area contributed by atoms with Crippen LogP contribution in [0, 0.1) is 5.92 Å². The first-order chi connectivity index (χ1) is 15.2. The van der Waals surface area contributed by atoms with Gasteiger partial charge in [0.1, 0.15) is 0 Å². The summed E-state index contributed by atoms with van der Waals surface area (Å²) in [6.07, 6.45) is 3.41. The van der Waals surface area contributed by atoms with Gasteiger partial charge in [0.05, 0.1) is 14.2 Å². The minimum Gasteiger partial charge on any atom is -0.493 e. The summed E-state index contributed by atoms with van der Waals surface area (Å²) in [7, 11) is 3.33. The molecule has 3 rings (SSSR count). The molecule has 0 amide bonds. The fourth-order valence-corrected chi connectivity index (χ4v) is 4.74. The number of aliphatic imine (C=N–C) groups is 1. The summed E-state index contributed by atoms with van der Waals surface area (Å²) < 4.78 is 10.7. The number of rotatable bonds is 10. The van der Waals surface area contributed by atoms with Crippen LogP contribution < -0.4 is 20.1 Å². The molecule has 0 spiro atoms. The van der Waals surface area contributed by atoms with Crippen molar-refractivity contribution in [2.75, 3.05) is 46.9 Å². The molecule has 2 N–H and O–H groups in total. The Morgan fingerprint density at radius 3 is 2.75 bits per heavy atom. The van der Waals surface area contributed by atoms with E-state index in [1.54, 1.807) is 14.2 Å². The Hall–Kier alpha value is -1.52. The van der Waals surface area contributed by atoms with Gasteiger partial charge in [-0.05, 0) is 67.8 Å². The third-order valence-corrected chi connectivity index (χ3v) is 6.43. The molecule has 0 aliphatic carbocycles. The highest BCUT2D eigenvalue weighted by Gasteiger charge is 2.20. The summed E-state index contributed by atoms with van der Waals surface area (Å²) in [5, 5.41) is 9.02. The molecule has 1 aromatic heterocycles. The third-order valence-electron chi connectivity index (χ3n) is 5.57. The van der Waals surface area contributed by atoms with Crippen LogP contribution in [-0.2, 0) is 13.0 Å². The van der Waals surface area contributed by atoms with Crippen LogP contribution in [-0.4, -0.2) is 57.8 Å². The maximum atomic E-state index is 5.41. The predicted molar refractivity (Wildman–Crippen MR) is 145 cm³/mol. The van der Waals surface area contributed by atoms with Gasteiger partial charge < -0.3 is 20.1 Å². The summed E-state index contributed by atoms with van der Waals surface area (Å²) >= 11 is 1.85. The molecule has 0 radical (unpaired) electrons. The van der Waals surface area contributed by atoms with E-state index >= 15 is 0 Å². The van der Waals surface area contributed by atoms with Crippen molar-refractivity contribution in [1.82, 2.24) is 15.5 Å². The number of benzene rings is 1. The molecule has 1 fully saturated rings. The van der Waals surface area contributed by atoms with Crippen molar-refractivity contribution >= 4 is 41.3 Å². The lowest BCUT2D eigenvalue weighted by Gasteiger charge is -2.31. The van der Waals surface area contributed by atoms with Crippen LogP contribution in [0.15, 0.2) is 40.7 Å². The molecule has 1 atom stereocenters. The standard InChI is InChI=1S/C24H36N4O2S.HI/c1-4-25-24(26-12-11-19-9-10-22(29-2)23(15-19)30-3)27-16-20-7-5-13-28(17-20)18-21-8-6-14-31-21;/h6,8-10,14-15,20H,4-5,7,11-13,16-18H2,1-3H3,(H2,25,26,27);1H. The van der Waals surface area contributed by atoms with Gasteiger partial charge in [0.2, 0.25) is 0 Å². The quantitative estimate of drug-likeness (QED) is 0.251. The van der Waals surface area contributed by atoms with Gasteiger partial charge >= 0.3 is 0 Å². The molecule has 8 heteroatoms. The normalized spacial score (nSPS) is 16.8. The average molecular weight is 573 g/mol. The van der Waals surface area contributed by atoms with Crippen molar-refractivity contribution in [2.45, 2.75) is 32.7 Å². The number of hydrogen-bond acceptors (Lipinski definition) is 5. The van der Waals surface area contributed by atoms with Crippen LogP contribution >= 0.6 is 35.3 Å². The number of ether oxygens (including phenoxy) is 2. The van der Waals surface area contributed by atoms with Gasteiger partial charge in [-0.3, -0.25) is 9.89 Å². The van der Waals surface area contributed by atoms with Gasteiger partial charge in [0.25, 0.3) is 0 Å². The fraction of sp³-hybridized carbons (Fsp3) is 0.542. The second kappa shape index (κ2) is 14.6. The Morgan fingerprint density at radius 2 is 2.03 bits per heavy atom. The molecule has 2 aromatic rings. The Bertz CT molecular complexity index is 816. The molecule has 6 nitrogen and oxygen atoms in total. The zero-order valence-corrected chi connectivity index (χ0v) is 22.6. The van der Waals surface area contributed by atoms with E-state index in [1.165, 1.54) is 29.8 Å². The van der Waals surface area contributed by atoms with Crippen molar-refractivity contribution in [2.24, 2.45) is 10.9 Å². The van der Waals surface area contributed by atoms with Crippen molar-refractivity contribution in [3.8, 4) is 11.5 Å². The summed E-state index contributed by atoms with van der Waals surface area (Å²) in [6, 6.07) is 10.4. The fourth-order valence-electron chi connectivity index (χ4n) is 3.99. The molecule has 1 aliphatic heterocycles. The maximum absolute atomic E-state index is 5.41. The summed E-state index contributed by atoms with van der Waals surface area (Å²) in [5.41, 5.74) is 1.21. The molecule has 0 bridgehead atoms. The Kier molecular flexibility index (Phi) is 12.2. The predicted octanol–water partition coefficient (Wildman–Crippen LogP) is 4.39. The minimum absolute atomic E-state index is 0. The van der Waals surface area contributed by atoms with Crippen molar-refractivity contribution < 1.29 is 9.47 Å². The zero-order valence-electron chi connectivity index (χ0n) is 19.4. The smallest absolute Gasteiger partial charge is 0.191 e. The van der Waals surface area contributed by atoms with Gasteiger partial charge in [-0.2, -0.15) is 0 Å². The number of halogens is 1. The molecular weight excluding hydrogens is 535 g/mol. The molecule has 1 saturated heterocycles. The first-order valence-electron chi connectivity index (χ1n) is 11.2. The van der Waals surface area contributed by atoms with E-state index in [9.17, 15) is 0 Å². The van der Waals surface area contributed by atoms with Crippen LogP contribution in [0.25, 0.3) is 0 Å². The van der Waals surface area contributed by atoms with Crippen LogP contribution in [0.3, 0.4) is 0 Å². The van der Waals surface area contributed by atoms with E-state index in [4.69, 9.17) is 14.5 Å². The number of methoxy groups -OCH3 is 2. The molecular formula is C24H37IN4O2S. The first-order valence-corrected chi connectivity index (χ1v) is 12.1. The second-order valence-corrected chi connectivity index (χ2v) is 8.94. The molecule has 1 aliphatic rings. The van der Waals surface area contributed by atoms with Crippen LogP contribution in [0.1, 0.15) is 30.2 Å². The van der Waals surface area contributed by atoms with E-state index in [1.807, 2.05) is 23.5 Å². The largest absolute Gasteiger partial charge is 0.493 e. The SMILES string of the molecule is CCNC(=NCC1CCCN(Cc2cccs2)C1)NCCc1ccc(OC)c(OC)c1.I. The molecule has 32 heavy (non-hydrogen) atoms. The lowest BCUT2D eigenvalue weighted by atomic mass is 9.98. The monoisotopic (exact) mass is 572 g/mol. The number of nitrogens with one attached hydrogen (secondary N) is 2. The number of thiophene rings is 1. The van der Waals surface area contributed by atoms with Crippen molar-refractivity contribution in [1.29, 1.82) is 0 Å². The summed E-state index contributed by atoms with van der Waals surface area (Å²) in [6.45, 7) is 8.05. The first kappa shape index (κ1) is 26.7. The van der Waals surface area contributed by atoms with Crippen LogP contribution in [0.2, 0.25) is 0 Å². The maximum Gasteiger partial charge on any atom is 0.191 e. The van der Waals surface area contributed by atoms with Gasteiger partial charge in [-0.1, -0.05) is 12.1 Å². The summed E-state index contributed by atoms with van der Waals surface area (Å²) in [5.74, 6) is 3.05. The Balaban J connectivity index is 0.00000363. The highest BCUT2D eigenvalue weighted by Crippen LogP contribution is 2.27. The molecule has 1 unspecified atom stereocenters. The number of likely N-dealkylation sites (tertiary alicyclic amines) is 1. The van der Waals surface area contributed by atoms with Crippen LogP contribution in [0.4, 0.5) is 0 Å². The van der Waals surface area contributed by atoms with E-state index < -0.39 is 0 Å². The number of piperidine rings is 1. The lowest BCUT2D eigenvalue weighted by Crippen LogP contribution is -2.40. The number of guanidine groups is 1. The third kappa shape index (κ3) is 8.44. The number of nitrogens with zero attached hydrogens (tertiary/aromatic N) is 2. The van der Waals surface area contributed by atoms with Gasteiger partial charge in [-0.25, -0.2) is 0 Å². The molecule has 2 heterocycles. The second-order valence-electron chi connectivity index (χ2n) is 7.91. The van der Waals surface area contributed by atoms with Gasteiger partial charge in [0, 0.05) is 37.6 Å². The van der Waals surface area contributed by atoms with Crippen molar-refractivity contribution in [3.05, 3.63) is 46.2 Å². The molecule has 1 aromatic carbocycles. The molecule has 0 saturated carbocycles. The number of hydrogen-bond donors (Lipinski definition) is 2. The summed E-state index contributed by atoms with van der Waals surface area (Å²) in [4.78, 5) is 8.92. The Labute approximate surface area is 213 Å². The zero-order chi connectivity index (χ0) is 21.9. The highest BCUT2D eigenvalue weighted by atomic mass is 127. The van der Waals surface area contributed by atoms with Gasteiger partial charge in [0.15, 0.2) is 17.5 Å². The minimum atomic E-state index is 0. The average Bonchev–Trinajstić information content (AvgIpc) is 3.30. The lowest BCUT2D eigenvalue weighted by molar-refractivity contribution is 0.172. The topological polar surface area (TPSA) is 58.1 Å². The van der Waals surface area contributed by atoms with Crippen molar-refractivity contribution in [3.63, 3.8) is 0 Å². The molecule has 178 valence electrons. The highest BCUT2D eigenvalue weighted by molar-refractivity contribution is 14.0. The van der Waals surface area contributed by atoms with Crippen LogP contribution in [0.5, 0.6) is 11.5 Å². The van der Waals surface area contributed by atoms with Gasteiger partial charge in [-0.15, -0.1) is 35.3 Å². The Morgan fingerprint density at radius 1 is 1.19 bits per heavy atom. The van der Waals surface area contributed by atoms with E-state index in [2.05, 4.69) is 46.0 Å².